The first-order valence-electron chi connectivity index (χ1n) is 8.48. The highest BCUT2D eigenvalue weighted by atomic mass is 19.1. The lowest BCUT2D eigenvalue weighted by molar-refractivity contribution is 0.315. The fraction of sp³-hybridized carbons (Fsp3) is 0.211. The van der Waals surface area contributed by atoms with Crippen LogP contribution < -0.4 is 5.32 Å². The number of benzene rings is 2. The van der Waals surface area contributed by atoms with E-state index in [0.717, 1.165) is 28.4 Å². The lowest BCUT2D eigenvalue weighted by atomic mass is 10.1. The molecule has 4 aromatic rings. The second kappa shape index (κ2) is 6.88. The molecule has 0 amide bonds. The lowest BCUT2D eigenvalue weighted by Crippen LogP contribution is -2.19. The summed E-state index contributed by atoms with van der Waals surface area (Å²) < 4.78 is 33.5. The van der Waals surface area contributed by atoms with Gasteiger partial charge in [-0.15, -0.1) is 0 Å². The van der Waals surface area contributed by atoms with Crippen molar-refractivity contribution in [3.8, 4) is 5.69 Å². The van der Waals surface area contributed by atoms with E-state index in [2.05, 4.69) is 20.7 Å². The summed E-state index contributed by atoms with van der Waals surface area (Å²) in [7, 11) is 0. The van der Waals surface area contributed by atoms with E-state index in [-0.39, 0.29) is 11.7 Å². The average Bonchev–Trinajstić information content (AvgIpc) is 3.27. The average molecular weight is 369 g/mol. The molecular formula is C19H17F2N5O. The highest BCUT2D eigenvalue weighted by molar-refractivity contribution is 5.76. The molecule has 0 aliphatic carbocycles. The van der Waals surface area contributed by atoms with Crippen LogP contribution in [0.1, 0.15) is 29.8 Å². The molecule has 8 heteroatoms. The van der Waals surface area contributed by atoms with Crippen molar-refractivity contribution in [2.45, 2.75) is 26.4 Å². The Morgan fingerprint density at radius 2 is 2.04 bits per heavy atom. The normalized spacial score (nSPS) is 12.6. The predicted octanol–water partition coefficient (Wildman–Crippen LogP) is 3.85. The van der Waals surface area contributed by atoms with Crippen molar-refractivity contribution < 1.29 is 13.4 Å². The summed E-state index contributed by atoms with van der Waals surface area (Å²) >= 11 is 0. The quantitative estimate of drug-likeness (QED) is 0.579. The minimum absolute atomic E-state index is 0.0441. The SMILES string of the molecule is Cc1c([C@H](C)NCc2cccc3nonc23)cnn1-c1ccc(F)cc1F. The Bertz CT molecular complexity index is 1100. The molecule has 0 saturated heterocycles. The molecule has 4 rings (SSSR count). The number of halogens is 2. The molecule has 0 bridgehead atoms. The third-order valence-corrected chi connectivity index (χ3v) is 4.62. The third kappa shape index (κ3) is 3.19. The molecular weight excluding hydrogens is 352 g/mol. The molecule has 0 aliphatic rings. The van der Waals surface area contributed by atoms with E-state index in [1.807, 2.05) is 32.0 Å². The topological polar surface area (TPSA) is 68.8 Å². The van der Waals surface area contributed by atoms with E-state index in [4.69, 9.17) is 4.63 Å². The van der Waals surface area contributed by atoms with E-state index in [0.29, 0.717) is 12.1 Å². The number of hydrogen-bond donors (Lipinski definition) is 1. The number of nitrogens with one attached hydrogen (secondary N) is 1. The van der Waals surface area contributed by atoms with Gasteiger partial charge in [-0.1, -0.05) is 12.1 Å². The van der Waals surface area contributed by atoms with Crippen molar-refractivity contribution in [2.24, 2.45) is 0 Å². The maximum Gasteiger partial charge on any atom is 0.151 e. The van der Waals surface area contributed by atoms with Crippen LogP contribution in [0.5, 0.6) is 0 Å². The highest BCUT2D eigenvalue weighted by Gasteiger charge is 2.17. The van der Waals surface area contributed by atoms with Crippen LogP contribution in [-0.2, 0) is 6.54 Å². The molecule has 0 unspecified atom stereocenters. The zero-order valence-corrected chi connectivity index (χ0v) is 14.8. The van der Waals surface area contributed by atoms with Gasteiger partial charge in [-0.2, -0.15) is 5.10 Å². The first-order valence-corrected chi connectivity index (χ1v) is 8.48. The summed E-state index contributed by atoms with van der Waals surface area (Å²) in [4.78, 5) is 0. The van der Waals surface area contributed by atoms with Crippen molar-refractivity contribution in [3.05, 3.63) is 71.1 Å². The molecule has 1 atom stereocenters. The molecule has 1 N–H and O–H groups in total. The summed E-state index contributed by atoms with van der Waals surface area (Å²) in [5.41, 5.74) is 4.31. The summed E-state index contributed by atoms with van der Waals surface area (Å²) in [6, 6.07) is 9.09. The summed E-state index contributed by atoms with van der Waals surface area (Å²) in [5.74, 6) is -1.27. The molecule has 0 saturated carbocycles. The molecule has 2 heterocycles. The monoisotopic (exact) mass is 369 g/mol. The zero-order valence-electron chi connectivity index (χ0n) is 14.8. The first kappa shape index (κ1) is 17.3. The van der Waals surface area contributed by atoms with Crippen molar-refractivity contribution in [3.63, 3.8) is 0 Å². The second-order valence-corrected chi connectivity index (χ2v) is 6.34. The molecule has 2 aromatic heterocycles. The number of hydrogen-bond acceptors (Lipinski definition) is 5. The minimum atomic E-state index is -0.654. The molecule has 0 aliphatic heterocycles. The van der Waals surface area contributed by atoms with E-state index in [9.17, 15) is 8.78 Å². The van der Waals surface area contributed by atoms with E-state index in [1.165, 1.54) is 16.8 Å². The van der Waals surface area contributed by atoms with Crippen LogP contribution in [0, 0.1) is 18.6 Å². The van der Waals surface area contributed by atoms with Gasteiger partial charge < -0.3 is 5.32 Å². The Morgan fingerprint density at radius 1 is 1.19 bits per heavy atom. The highest BCUT2D eigenvalue weighted by Crippen LogP contribution is 2.23. The van der Waals surface area contributed by atoms with E-state index in [1.54, 1.807) is 6.20 Å². The second-order valence-electron chi connectivity index (χ2n) is 6.34. The zero-order chi connectivity index (χ0) is 19.0. The lowest BCUT2D eigenvalue weighted by Gasteiger charge is -2.14. The largest absolute Gasteiger partial charge is 0.306 e. The van der Waals surface area contributed by atoms with Gasteiger partial charge in [0, 0.05) is 29.9 Å². The standard InChI is InChI=1S/C19H17F2N5O/c1-11(22-9-13-4-3-5-17-19(13)25-27-24-17)15-10-23-26(12(15)2)18-7-6-14(20)8-16(18)21/h3-8,10-11,22H,9H2,1-2H3/t11-/m0/s1. The van der Waals surface area contributed by atoms with E-state index < -0.39 is 11.6 Å². The van der Waals surface area contributed by atoms with Gasteiger partial charge in [0.25, 0.3) is 0 Å². The number of aromatic nitrogens is 4. The van der Waals surface area contributed by atoms with E-state index >= 15 is 0 Å². The fourth-order valence-corrected chi connectivity index (χ4v) is 3.12. The Labute approximate surface area is 153 Å². The first-order chi connectivity index (χ1) is 13.0. The molecule has 6 nitrogen and oxygen atoms in total. The van der Waals surface area contributed by atoms with Gasteiger partial charge >= 0.3 is 0 Å². The van der Waals surface area contributed by atoms with Crippen LogP contribution in [0.25, 0.3) is 16.7 Å². The Morgan fingerprint density at radius 3 is 2.85 bits per heavy atom. The van der Waals surface area contributed by atoms with Gasteiger partial charge in [0.2, 0.25) is 0 Å². The molecule has 0 fully saturated rings. The molecule has 0 radical (unpaired) electrons. The smallest absolute Gasteiger partial charge is 0.151 e. The molecule has 27 heavy (non-hydrogen) atoms. The molecule has 138 valence electrons. The molecule has 0 spiro atoms. The Balaban J connectivity index is 1.55. The van der Waals surface area contributed by atoms with Crippen LogP contribution >= 0.6 is 0 Å². The fourth-order valence-electron chi connectivity index (χ4n) is 3.12. The van der Waals surface area contributed by atoms with Crippen LogP contribution in [-0.4, -0.2) is 20.1 Å². The minimum Gasteiger partial charge on any atom is -0.306 e. The molecule has 2 aromatic carbocycles. The number of fused-ring (bicyclic) bond motifs is 1. The number of rotatable bonds is 5. The van der Waals surface area contributed by atoms with Gasteiger partial charge in [0.15, 0.2) is 5.82 Å². The number of nitrogens with zero attached hydrogens (tertiary/aromatic N) is 4. The van der Waals surface area contributed by atoms with Gasteiger partial charge in [0.1, 0.15) is 22.5 Å². The van der Waals surface area contributed by atoms with Crippen LogP contribution in [0.15, 0.2) is 47.2 Å². The van der Waals surface area contributed by atoms with Crippen molar-refractivity contribution >= 4 is 11.0 Å². The van der Waals surface area contributed by atoms with Crippen molar-refractivity contribution in [1.82, 2.24) is 25.4 Å². The van der Waals surface area contributed by atoms with Gasteiger partial charge in [-0.3, -0.25) is 0 Å². The third-order valence-electron chi connectivity index (χ3n) is 4.62. The summed E-state index contributed by atoms with van der Waals surface area (Å²) in [6.07, 6.45) is 1.69. The maximum atomic E-state index is 14.1. The Kier molecular flexibility index (Phi) is 4.41. The van der Waals surface area contributed by atoms with Crippen LogP contribution in [0.3, 0.4) is 0 Å². The van der Waals surface area contributed by atoms with Crippen LogP contribution in [0.2, 0.25) is 0 Å². The van der Waals surface area contributed by atoms with Gasteiger partial charge in [0.05, 0.1) is 6.20 Å². The Hall–Kier alpha value is -3.13. The van der Waals surface area contributed by atoms with Crippen molar-refractivity contribution in [2.75, 3.05) is 0 Å². The van der Waals surface area contributed by atoms with Crippen LogP contribution in [0.4, 0.5) is 8.78 Å². The summed E-state index contributed by atoms with van der Waals surface area (Å²) in [5, 5.41) is 15.5. The maximum absolute atomic E-state index is 14.1. The van der Waals surface area contributed by atoms with Gasteiger partial charge in [-0.05, 0) is 47.9 Å². The van der Waals surface area contributed by atoms with Gasteiger partial charge in [-0.25, -0.2) is 18.1 Å². The summed E-state index contributed by atoms with van der Waals surface area (Å²) in [6.45, 7) is 4.41. The van der Waals surface area contributed by atoms with Crippen molar-refractivity contribution in [1.29, 1.82) is 0 Å². The predicted molar refractivity (Wildman–Crippen MR) is 95.3 cm³/mol.